The van der Waals surface area contributed by atoms with Crippen LogP contribution in [0.25, 0.3) is 0 Å². The van der Waals surface area contributed by atoms with Crippen molar-refractivity contribution in [2.75, 3.05) is 27.7 Å². The van der Waals surface area contributed by atoms with Gasteiger partial charge in [-0.25, -0.2) is 0 Å². The summed E-state index contributed by atoms with van der Waals surface area (Å²) in [5, 5.41) is 23.3. The molecular formula is C28H36N2O4. The van der Waals surface area contributed by atoms with E-state index in [-0.39, 0.29) is 17.6 Å². The van der Waals surface area contributed by atoms with Crippen molar-refractivity contribution in [3.63, 3.8) is 0 Å². The van der Waals surface area contributed by atoms with E-state index < -0.39 is 12.2 Å². The van der Waals surface area contributed by atoms with E-state index in [0.717, 1.165) is 36.4 Å². The highest BCUT2D eigenvalue weighted by Crippen LogP contribution is 2.62. The quantitative estimate of drug-likeness (QED) is 0.605. The number of likely N-dealkylation sites (tertiary alicyclic amines) is 1. The van der Waals surface area contributed by atoms with Gasteiger partial charge in [0.1, 0.15) is 12.2 Å². The van der Waals surface area contributed by atoms with Gasteiger partial charge in [0.2, 0.25) is 0 Å². The van der Waals surface area contributed by atoms with Crippen molar-refractivity contribution >= 4 is 0 Å². The molecule has 1 saturated heterocycles. The highest BCUT2D eigenvalue weighted by atomic mass is 16.5. The van der Waals surface area contributed by atoms with Crippen LogP contribution in [0.3, 0.4) is 0 Å². The molecule has 34 heavy (non-hydrogen) atoms. The smallest absolute Gasteiger partial charge is 0.165 e. The van der Waals surface area contributed by atoms with E-state index in [1.54, 1.807) is 7.11 Å². The predicted octanol–water partition coefficient (Wildman–Crippen LogP) is 2.83. The van der Waals surface area contributed by atoms with Crippen molar-refractivity contribution in [1.82, 2.24) is 10.2 Å². The molecule has 0 amide bonds. The molecular weight excluding hydrogens is 428 g/mol. The highest BCUT2D eigenvalue weighted by molar-refractivity contribution is 5.62. The summed E-state index contributed by atoms with van der Waals surface area (Å²) in [5.74, 6) is 2.09. The maximum atomic E-state index is 10.6. The second-order valence-corrected chi connectivity index (χ2v) is 10.0. The van der Waals surface area contributed by atoms with E-state index in [4.69, 9.17) is 9.47 Å². The Morgan fingerprint density at radius 1 is 1.18 bits per heavy atom. The van der Waals surface area contributed by atoms with Gasteiger partial charge in [0.15, 0.2) is 11.5 Å². The van der Waals surface area contributed by atoms with E-state index in [2.05, 4.69) is 29.4 Å². The fourth-order valence-corrected chi connectivity index (χ4v) is 6.49. The molecule has 0 aromatic heterocycles. The summed E-state index contributed by atoms with van der Waals surface area (Å²) in [6.45, 7) is 3.01. The fraction of sp³-hybridized carbons (Fsp3) is 0.500. The molecule has 3 N–H and O–H groups in total. The van der Waals surface area contributed by atoms with E-state index in [1.807, 2.05) is 56.4 Å². The molecule has 0 saturated carbocycles. The molecule has 6 heteroatoms. The molecule has 2 bridgehead atoms. The summed E-state index contributed by atoms with van der Waals surface area (Å²) in [7, 11) is 5.75. The zero-order valence-corrected chi connectivity index (χ0v) is 20.4. The second-order valence-electron chi connectivity index (χ2n) is 10.0. The number of hydrogen-bond donors (Lipinski definition) is 3. The summed E-state index contributed by atoms with van der Waals surface area (Å²) in [6.07, 6.45) is 5.12. The molecule has 2 aromatic rings. The first-order valence-electron chi connectivity index (χ1n) is 12.3. The van der Waals surface area contributed by atoms with Crippen molar-refractivity contribution in [2.45, 2.75) is 55.6 Å². The van der Waals surface area contributed by atoms with Gasteiger partial charge in [-0.3, -0.25) is 0 Å². The van der Waals surface area contributed by atoms with Gasteiger partial charge in [-0.05, 0) is 57.6 Å². The van der Waals surface area contributed by atoms with Gasteiger partial charge in [0.05, 0.1) is 13.2 Å². The minimum absolute atomic E-state index is 0.0806. The summed E-state index contributed by atoms with van der Waals surface area (Å²) < 4.78 is 11.8. The molecule has 0 radical (unpaired) electrons. The second kappa shape index (κ2) is 9.00. The lowest BCUT2D eigenvalue weighted by atomic mass is 9.53. The largest absolute Gasteiger partial charge is 0.493 e. The van der Waals surface area contributed by atoms with Crippen LogP contribution in [0, 0.1) is 5.92 Å². The number of benzene rings is 2. The van der Waals surface area contributed by atoms with Gasteiger partial charge < -0.3 is 29.9 Å². The van der Waals surface area contributed by atoms with E-state index in [9.17, 15) is 10.2 Å². The minimum atomic E-state index is -0.539. The molecule has 6 rings (SSSR count). The van der Waals surface area contributed by atoms with Gasteiger partial charge in [0.25, 0.3) is 0 Å². The molecule has 2 aromatic carbocycles. The number of aliphatic hydroxyl groups excluding tert-OH is 2. The van der Waals surface area contributed by atoms with Crippen LogP contribution in [0.5, 0.6) is 11.5 Å². The minimum Gasteiger partial charge on any atom is -0.493 e. The maximum Gasteiger partial charge on any atom is 0.165 e. The van der Waals surface area contributed by atoms with Gasteiger partial charge in [-0.1, -0.05) is 48.6 Å². The maximum absolute atomic E-state index is 10.6. The number of rotatable bonds is 4. The summed E-state index contributed by atoms with van der Waals surface area (Å²) in [4.78, 5) is 2.47. The molecule has 1 spiro atoms. The van der Waals surface area contributed by atoms with Crippen LogP contribution < -0.4 is 14.8 Å². The Bertz CT molecular complexity index is 1060. The molecule has 6 nitrogen and oxygen atoms in total. The molecule has 4 aliphatic rings. The van der Waals surface area contributed by atoms with Crippen LogP contribution in [-0.2, 0) is 11.8 Å². The number of methoxy groups -OCH3 is 1. The van der Waals surface area contributed by atoms with Crippen LogP contribution in [0.2, 0.25) is 0 Å². The summed E-state index contributed by atoms with van der Waals surface area (Å²) in [5.41, 5.74) is 3.56. The van der Waals surface area contributed by atoms with Crippen LogP contribution in [-0.4, -0.2) is 67.2 Å². The molecule has 7 atom stereocenters. The van der Waals surface area contributed by atoms with Crippen LogP contribution in [0.4, 0.5) is 0 Å². The molecule has 182 valence electrons. The lowest BCUT2D eigenvalue weighted by molar-refractivity contribution is -0.0453. The number of nitrogens with one attached hydrogen (secondary N) is 1. The first-order valence-corrected chi connectivity index (χ1v) is 12.3. The van der Waals surface area contributed by atoms with Gasteiger partial charge in [0, 0.05) is 29.0 Å². The van der Waals surface area contributed by atoms with Crippen molar-refractivity contribution < 1.29 is 19.7 Å². The van der Waals surface area contributed by atoms with Crippen molar-refractivity contribution in [3.05, 3.63) is 71.3 Å². The van der Waals surface area contributed by atoms with Crippen LogP contribution in [0.1, 0.15) is 36.1 Å². The zero-order valence-electron chi connectivity index (χ0n) is 20.4. The Morgan fingerprint density at radius 2 is 1.94 bits per heavy atom. The average molecular weight is 465 g/mol. The highest BCUT2D eigenvalue weighted by Gasteiger charge is 2.64. The van der Waals surface area contributed by atoms with Gasteiger partial charge in [-0.15, -0.1) is 0 Å². The monoisotopic (exact) mass is 464 g/mol. The molecule has 1 fully saturated rings. The third-order valence-electron chi connectivity index (χ3n) is 8.42. The van der Waals surface area contributed by atoms with Crippen molar-refractivity contribution in [2.24, 2.45) is 5.92 Å². The third-order valence-corrected chi connectivity index (χ3v) is 8.42. The number of aliphatic hydroxyl groups is 2. The zero-order chi connectivity index (χ0) is 24.0. The fourth-order valence-electron chi connectivity index (χ4n) is 6.49. The SMILES string of the molecule is CN[C@@H](C)[C@@H](O)c1ccccc1.COc1ccc2c3c1O[C@H]1[C@@H](O)C=C[C@H]4[C@@H](C2)N(C)CC[C@@]341. The molecule has 2 aliphatic heterocycles. The first-order chi connectivity index (χ1) is 16.4. The standard InChI is InChI=1S/C18H21NO3.C10H15NO/c1-19-8-7-18-11-4-5-13(20)17(18)22-16-14(21-2)6-3-10(15(16)18)9-12(11)19;1-8(11-2)10(12)9-6-4-3-5-7-9/h3-6,11-13,17,20H,7-9H2,1-2H3;3-8,10-12H,1-2H3/t11-,12+,13-,17-,18-;8-,10+/m00/s1. The summed E-state index contributed by atoms with van der Waals surface area (Å²) in [6, 6.07) is 14.5. The topological polar surface area (TPSA) is 74.2 Å². The van der Waals surface area contributed by atoms with Crippen LogP contribution in [0.15, 0.2) is 54.6 Å². The summed E-state index contributed by atoms with van der Waals surface area (Å²) >= 11 is 0. The van der Waals surface area contributed by atoms with Crippen molar-refractivity contribution in [3.8, 4) is 11.5 Å². The van der Waals surface area contributed by atoms with Gasteiger partial charge in [-0.2, -0.15) is 0 Å². The van der Waals surface area contributed by atoms with Crippen molar-refractivity contribution in [1.29, 1.82) is 0 Å². The number of likely N-dealkylation sites (N-methyl/N-ethyl adjacent to an activating group) is 2. The Labute approximate surface area is 202 Å². The number of nitrogens with zero attached hydrogens (tertiary/aromatic N) is 1. The molecule has 2 aliphatic carbocycles. The normalized spacial score (nSPS) is 32.1. The predicted molar refractivity (Wildman–Crippen MR) is 132 cm³/mol. The lowest BCUT2D eigenvalue weighted by Crippen LogP contribution is -2.64. The number of ether oxygens (including phenoxy) is 2. The van der Waals surface area contributed by atoms with Crippen LogP contribution >= 0.6 is 0 Å². The van der Waals surface area contributed by atoms with E-state index in [0.29, 0.717) is 12.0 Å². The first kappa shape index (κ1) is 23.4. The molecule has 2 heterocycles. The van der Waals surface area contributed by atoms with Gasteiger partial charge >= 0.3 is 0 Å². The molecule has 0 unspecified atom stereocenters. The Balaban J connectivity index is 0.000000172. The Morgan fingerprint density at radius 3 is 2.65 bits per heavy atom. The number of piperidine rings is 1. The number of hydrogen-bond acceptors (Lipinski definition) is 6. The third kappa shape index (κ3) is 3.47. The Kier molecular flexibility index (Phi) is 6.19. The van der Waals surface area contributed by atoms with E-state index in [1.165, 1.54) is 11.1 Å². The Hall–Kier alpha value is -2.38. The lowest BCUT2D eigenvalue weighted by Gasteiger charge is -2.56. The average Bonchev–Trinajstić information content (AvgIpc) is 3.23. The van der Waals surface area contributed by atoms with E-state index >= 15 is 0 Å².